The van der Waals surface area contributed by atoms with E-state index in [1.807, 2.05) is 6.07 Å². The van der Waals surface area contributed by atoms with Crippen LogP contribution in [0.3, 0.4) is 0 Å². The maximum absolute atomic E-state index is 5.99. The fourth-order valence-electron chi connectivity index (χ4n) is 3.03. The summed E-state index contributed by atoms with van der Waals surface area (Å²) in [5.41, 5.74) is 6.84. The van der Waals surface area contributed by atoms with Crippen molar-refractivity contribution in [3.8, 4) is 0 Å². The molecule has 0 saturated heterocycles. The van der Waals surface area contributed by atoms with E-state index in [9.17, 15) is 0 Å². The van der Waals surface area contributed by atoms with Gasteiger partial charge in [0.25, 0.3) is 0 Å². The topological polar surface area (TPSA) is 26.0 Å². The van der Waals surface area contributed by atoms with Gasteiger partial charge in [0.2, 0.25) is 0 Å². The number of anilines is 1. The second-order valence-electron chi connectivity index (χ2n) is 5.24. The number of allylic oxidation sites excluding steroid dienone is 4. The van der Waals surface area contributed by atoms with Crippen LogP contribution in [0.5, 0.6) is 0 Å². The van der Waals surface area contributed by atoms with E-state index in [0.29, 0.717) is 0 Å². The van der Waals surface area contributed by atoms with Gasteiger partial charge in [0.05, 0.1) is 0 Å². The lowest BCUT2D eigenvalue weighted by molar-refractivity contribution is 1.05. The third kappa shape index (κ3) is 1.71. The first kappa shape index (κ1) is 11.8. The third-order valence-electron chi connectivity index (χ3n) is 3.93. The van der Waals surface area contributed by atoms with Gasteiger partial charge in [-0.1, -0.05) is 50.0 Å². The molecule has 0 amide bonds. The molecule has 1 heterocycles. The minimum absolute atomic E-state index is 0.389. The Kier molecular flexibility index (Phi) is 2.68. The van der Waals surface area contributed by atoms with Crippen molar-refractivity contribution in [2.24, 2.45) is 0 Å². The number of nitrogens with two attached hydrogens (primary N) is 1. The van der Waals surface area contributed by atoms with Gasteiger partial charge in [-0.05, 0) is 47.1 Å². The van der Waals surface area contributed by atoms with Crippen molar-refractivity contribution in [1.82, 2.24) is 0 Å². The lowest BCUT2D eigenvalue weighted by atomic mass is 10.1. The molecular weight excluding hydrogens is 261 g/mol. The molecule has 1 unspecified atom stereocenters. The number of hydrogen-bond acceptors (Lipinski definition) is 1. The van der Waals surface area contributed by atoms with Gasteiger partial charge in [-0.25, -0.2) is 0 Å². The Labute approximate surface area is 119 Å². The summed E-state index contributed by atoms with van der Waals surface area (Å²) >= 11 is 0. The molecule has 0 fully saturated rings. The summed E-state index contributed by atoms with van der Waals surface area (Å²) in [4.78, 5) is 0. The van der Waals surface area contributed by atoms with Crippen LogP contribution in [0.1, 0.15) is 12.8 Å². The lowest BCUT2D eigenvalue weighted by Gasteiger charge is -2.08. The van der Waals surface area contributed by atoms with Crippen molar-refractivity contribution >= 4 is 39.5 Å². The van der Waals surface area contributed by atoms with Crippen LogP contribution in [0.25, 0.3) is 26.3 Å². The quantitative estimate of drug-likeness (QED) is 0.563. The van der Waals surface area contributed by atoms with Gasteiger partial charge in [-0.3, -0.25) is 0 Å². The highest BCUT2D eigenvalue weighted by Crippen LogP contribution is 2.56. The summed E-state index contributed by atoms with van der Waals surface area (Å²) in [6.07, 6.45) is 9.36. The van der Waals surface area contributed by atoms with Gasteiger partial charge in [-0.15, -0.1) is 0 Å². The van der Waals surface area contributed by atoms with Gasteiger partial charge in [0.1, 0.15) is 0 Å². The molecule has 0 saturated carbocycles. The van der Waals surface area contributed by atoms with Crippen molar-refractivity contribution in [2.45, 2.75) is 12.8 Å². The summed E-state index contributed by atoms with van der Waals surface area (Å²) in [5.74, 6) is 0. The molecule has 20 heavy (non-hydrogen) atoms. The lowest BCUT2D eigenvalue weighted by Crippen LogP contribution is -1.81. The van der Waals surface area contributed by atoms with Gasteiger partial charge in [0, 0.05) is 15.9 Å². The highest BCUT2D eigenvalue weighted by atomic mass is 31.1. The van der Waals surface area contributed by atoms with E-state index in [1.165, 1.54) is 32.7 Å². The highest BCUT2D eigenvalue weighted by molar-refractivity contribution is 7.71. The summed E-state index contributed by atoms with van der Waals surface area (Å²) in [5, 5.41) is 7.10. The Balaban J connectivity index is 2.16. The predicted octanol–water partition coefficient (Wildman–Crippen LogP) is 5.75. The molecule has 0 bridgehead atoms. The molecule has 3 aromatic rings. The van der Waals surface area contributed by atoms with E-state index in [2.05, 4.69) is 54.6 Å². The molecule has 0 aliphatic heterocycles. The van der Waals surface area contributed by atoms with Crippen molar-refractivity contribution in [2.75, 3.05) is 5.73 Å². The summed E-state index contributed by atoms with van der Waals surface area (Å²) in [6.45, 7) is 0. The average molecular weight is 277 g/mol. The minimum Gasteiger partial charge on any atom is -0.399 e. The van der Waals surface area contributed by atoms with Crippen LogP contribution < -0.4 is 5.73 Å². The molecule has 1 aliphatic carbocycles. The Morgan fingerprint density at radius 1 is 0.900 bits per heavy atom. The maximum Gasteiger partial charge on any atom is 0.0320 e. The maximum atomic E-state index is 5.99. The number of benzene rings is 2. The predicted molar refractivity (Wildman–Crippen MR) is 91.2 cm³/mol. The normalized spacial score (nSPS) is 15.8. The van der Waals surface area contributed by atoms with Crippen molar-refractivity contribution in [3.05, 3.63) is 60.7 Å². The van der Waals surface area contributed by atoms with Crippen LogP contribution in [-0.2, 0) is 0 Å². The molecule has 4 rings (SSSR count). The third-order valence-corrected chi connectivity index (χ3v) is 6.52. The van der Waals surface area contributed by atoms with E-state index in [4.69, 9.17) is 5.73 Å². The Hall–Kier alpha value is -1.98. The van der Waals surface area contributed by atoms with Gasteiger partial charge < -0.3 is 5.73 Å². The van der Waals surface area contributed by atoms with Gasteiger partial charge >= 0.3 is 0 Å². The second-order valence-corrected chi connectivity index (χ2v) is 7.39. The molecule has 2 heteroatoms. The van der Waals surface area contributed by atoms with E-state index in [0.717, 1.165) is 12.1 Å². The first-order valence-electron chi connectivity index (χ1n) is 7.00. The molecule has 1 atom stereocenters. The molecule has 2 N–H and O–H groups in total. The van der Waals surface area contributed by atoms with Crippen LogP contribution in [-0.4, -0.2) is 0 Å². The van der Waals surface area contributed by atoms with Gasteiger partial charge in [-0.2, -0.15) is 0 Å². The summed E-state index contributed by atoms with van der Waals surface area (Å²) in [7, 11) is -0.389. The number of rotatable bonds is 1. The van der Waals surface area contributed by atoms with Gasteiger partial charge in [0.15, 0.2) is 0 Å². The highest BCUT2D eigenvalue weighted by Gasteiger charge is 2.14. The van der Waals surface area contributed by atoms with Crippen LogP contribution in [0, 0.1) is 0 Å². The summed E-state index contributed by atoms with van der Waals surface area (Å²) in [6, 6.07) is 15.2. The monoisotopic (exact) mass is 277 g/mol. The zero-order valence-corrected chi connectivity index (χ0v) is 12.1. The van der Waals surface area contributed by atoms with Crippen LogP contribution in [0.4, 0.5) is 5.69 Å². The smallest absolute Gasteiger partial charge is 0.0320 e. The second kappa shape index (κ2) is 4.54. The first-order valence-corrected chi connectivity index (χ1v) is 8.34. The fourth-order valence-corrected chi connectivity index (χ4v) is 5.74. The number of hydrogen-bond donors (Lipinski definition) is 1. The van der Waals surface area contributed by atoms with E-state index in [-0.39, 0.29) is 7.53 Å². The van der Waals surface area contributed by atoms with Crippen molar-refractivity contribution in [1.29, 1.82) is 0 Å². The molecule has 0 spiro atoms. The van der Waals surface area contributed by atoms with Crippen LogP contribution >= 0.6 is 7.53 Å². The fraction of sp³-hybridized carbons (Fsp3) is 0.111. The SMILES string of the molecule is Nc1ccc2c(c1)c1ccccc1p2C1=CCCC=C1. The van der Waals surface area contributed by atoms with E-state index in [1.54, 1.807) is 0 Å². The zero-order valence-electron chi connectivity index (χ0n) is 11.2. The standard InChI is InChI=1S/C18H16NP/c19-13-10-11-18-16(12-13)15-8-4-5-9-17(15)20(18)14-6-2-1-3-7-14/h2,4-12H,1,3,19H2. The molecule has 1 aromatic heterocycles. The van der Waals surface area contributed by atoms with Crippen molar-refractivity contribution < 1.29 is 0 Å². The molecule has 98 valence electrons. The van der Waals surface area contributed by atoms with E-state index < -0.39 is 0 Å². The van der Waals surface area contributed by atoms with Crippen LogP contribution in [0.15, 0.2) is 60.7 Å². The largest absolute Gasteiger partial charge is 0.399 e. The Bertz CT molecular complexity index is 868. The van der Waals surface area contributed by atoms with E-state index >= 15 is 0 Å². The molecule has 2 aromatic carbocycles. The summed E-state index contributed by atoms with van der Waals surface area (Å²) < 4.78 is 0. The number of fused-ring (bicyclic) bond motifs is 3. The van der Waals surface area contributed by atoms with Crippen molar-refractivity contribution in [3.63, 3.8) is 0 Å². The first-order chi connectivity index (χ1) is 9.84. The zero-order chi connectivity index (χ0) is 13.5. The molecular formula is C18H16NP. The molecule has 1 nitrogen and oxygen atoms in total. The average Bonchev–Trinajstić information content (AvgIpc) is 2.82. The minimum atomic E-state index is -0.389. The Morgan fingerprint density at radius 3 is 2.60 bits per heavy atom. The van der Waals surface area contributed by atoms with Crippen LogP contribution in [0.2, 0.25) is 0 Å². The number of nitrogen functional groups attached to an aromatic ring is 1. The molecule has 1 aliphatic rings. The Morgan fingerprint density at radius 2 is 1.75 bits per heavy atom. The molecule has 0 radical (unpaired) electrons.